The highest BCUT2D eigenvalue weighted by Crippen LogP contribution is 2.32. The number of fused-ring (bicyclic) bond motifs is 1. The van der Waals surface area contributed by atoms with E-state index in [1.165, 1.54) is 0 Å². The third kappa shape index (κ3) is 5.62. The fourth-order valence-electron chi connectivity index (χ4n) is 4.20. The summed E-state index contributed by atoms with van der Waals surface area (Å²) in [5.74, 6) is 1.42. The zero-order valence-electron chi connectivity index (χ0n) is 18.5. The average Bonchev–Trinajstić information content (AvgIpc) is 2.80. The van der Waals surface area contributed by atoms with Gasteiger partial charge in [-0.2, -0.15) is 4.98 Å². The van der Waals surface area contributed by atoms with Gasteiger partial charge in [0.05, 0.1) is 22.0 Å². The molecule has 1 amide bonds. The molecule has 9 heteroatoms. The van der Waals surface area contributed by atoms with Crippen LogP contribution in [0.1, 0.15) is 31.2 Å². The summed E-state index contributed by atoms with van der Waals surface area (Å²) in [6.45, 7) is 0. The molecule has 2 N–H and O–H groups in total. The maximum atomic E-state index is 12.6. The van der Waals surface area contributed by atoms with Crippen LogP contribution in [0.15, 0.2) is 36.4 Å². The summed E-state index contributed by atoms with van der Waals surface area (Å²) in [6, 6.07) is 11.7. The number of rotatable bonds is 6. The molecule has 0 unspecified atom stereocenters. The van der Waals surface area contributed by atoms with E-state index in [1.54, 1.807) is 12.1 Å². The number of aromatic nitrogens is 2. The molecule has 4 rings (SSSR count). The molecule has 33 heavy (non-hydrogen) atoms. The lowest BCUT2D eigenvalue weighted by molar-refractivity contribution is -0.121. The Morgan fingerprint density at radius 2 is 1.64 bits per heavy atom. The van der Waals surface area contributed by atoms with Crippen molar-refractivity contribution >= 4 is 63.4 Å². The smallest absolute Gasteiger partial charge is 0.225 e. The van der Waals surface area contributed by atoms with Gasteiger partial charge >= 0.3 is 0 Å². The first-order chi connectivity index (χ1) is 15.8. The SMILES string of the molecule is CN(C)c1nc(NC2CCC(NC(=O)Cc3c(Cl)ccc(Cl)c3Cl)CC2)nc2ccccc12. The van der Waals surface area contributed by atoms with Gasteiger partial charge in [-0.3, -0.25) is 4.79 Å². The first-order valence-corrected chi connectivity index (χ1v) is 12.1. The first kappa shape index (κ1) is 23.9. The Hall–Kier alpha value is -2.28. The maximum absolute atomic E-state index is 12.6. The van der Waals surface area contributed by atoms with E-state index in [4.69, 9.17) is 44.8 Å². The zero-order chi connectivity index (χ0) is 23.5. The van der Waals surface area contributed by atoms with Gasteiger partial charge in [-0.25, -0.2) is 4.98 Å². The van der Waals surface area contributed by atoms with Crippen LogP contribution >= 0.6 is 34.8 Å². The molecule has 1 fully saturated rings. The second kappa shape index (κ2) is 10.3. The van der Waals surface area contributed by atoms with Crippen LogP contribution < -0.4 is 15.5 Å². The normalized spacial score (nSPS) is 18.2. The zero-order valence-corrected chi connectivity index (χ0v) is 20.8. The molecule has 0 spiro atoms. The molecule has 174 valence electrons. The number of para-hydroxylation sites is 1. The van der Waals surface area contributed by atoms with E-state index < -0.39 is 0 Å². The lowest BCUT2D eigenvalue weighted by atomic mass is 9.91. The topological polar surface area (TPSA) is 70.2 Å². The molecule has 6 nitrogen and oxygen atoms in total. The predicted octanol–water partition coefficient (Wildman–Crippen LogP) is 5.74. The molecule has 0 atom stereocenters. The van der Waals surface area contributed by atoms with Gasteiger partial charge in [0.1, 0.15) is 5.82 Å². The molecule has 0 saturated heterocycles. The lowest BCUT2D eigenvalue weighted by Gasteiger charge is -2.30. The molecule has 1 heterocycles. The lowest BCUT2D eigenvalue weighted by Crippen LogP contribution is -2.41. The van der Waals surface area contributed by atoms with Gasteiger partial charge in [0.2, 0.25) is 11.9 Å². The molecule has 1 aliphatic carbocycles. The second-order valence-corrected chi connectivity index (χ2v) is 9.73. The summed E-state index contributed by atoms with van der Waals surface area (Å²) >= 11 is 18.5. The molecule has 0 aliphatic heterocycles. The summed E-state index contributed by atoms with van der Waals surface area (Å²) in [5, 5.41) is 8.80. The van der Waals surface area contributed by atoms with Crippen LogP contribution in [-0.2, 0) is 11.2 Å². The van der Waals surface area contributed by atoms with Crippen molar-refractivity contribution in [1.29, 1.82) is 0 Å². The fourth-order valence-corrected chi connectivity index (χ4v) is 4.88. The number of hydrogen-bond acceptors (Lipinski definition) is 5. The highest BCUT2D eigenvalue weighted by atomic mass is 35.5. The number of nitrogens with one attached hydrogen (secondary N) is 2. The van der Waals surface area contributed by atoms with Crippen molar-refractivity contribution in [2.75, 3.05) is 24.3 Å². The third-order valence-electron chi connectivity index (χ3n) is 5.91. The van der Waals surface area contributed by atoms with E-state index in [2.05, 4.69) is 10.6 Å². The standard InChI is InChI=1S/C24H26Cl3N5O/c1-32(2)23-16-5-3-4-6-20(16)30-24(31-23)29-15-9-7-14(8-10-15)28-21(33)13-17-18(25)11-12-19(26)22(17)27/h3-6,11-12,14-15H,7-10,13H2,1-2H3,(H,28,33)(H,29,30,31). The second-order valence-electron chi connectivity index (χ2n) is 8.54. The molecule has 0 radical (unpaired) electrons. The number of amides is 1. The van der Waals surface area contributed by atoms with E-state index in [1.807, 2.05) is 43.3 Å². The number of nitrogens with zero attached hydrogens (tertiary/aromatic N) is 3. The molecular weight excluding hydrogens is 481 g/mol. The van der Waals surface area contributed by atoms with Gasteiger partial charge in [-0.1, -0.05) is 46.9 Å². The van der Waals surface area contributed by atoms with Crippen molar-refractivity contribution < 1.29 is 4.79 Å². The summed E-state index contributed by atoms with van der Waals surface area (Å²) in [7, 11) is 3.96. The number of benzene rings is 2. The van der Waals surface area contributed by atoms with Gasteiger partial charge < -0.3 is 15.5 Å². The average molecular weight is 507 g/mol. The number of carbonyl (C=O) groups excluding carboxylic acids is 1. The highest BCUT2D eigenvalue weighted by molar-refractivity contribution is 6.44. The van der Waals surface area contributed by atoms with Gasteiger partial charge in [-0.05, 0) is 49.9 Å². The molecular formula is C24H26Cl3N5O. The number of halogens is 3. The third-order valence-corrected chi connectivity index (χ3v) is 7.11. The Morgan fingerprint density at radius 1 is 0.970 bits per heavy atom. The van der Waals surface area contributed by atoms with Crippen LogP contribution in [0, 0.1) is 0 Å². The van der Waals surface area contributed by atoms with Crippen LogP contribution in [0.25, 0.3) is 10.9 Å². The Labute approximate surface area is 208 Å². The molecule has 1 saturated carbocycles. The molecule has 2 aromatic carbocycles. The number of carbonyl (C=O) groups is 1. The van der Waals surface area contributed by atoms with Crippen LogP contribution in [0.5, 0.6) is 0 Å². The number of hydrogen-bond donors (Lipinski definition) is 2. The maximum Gasteiger partial charge on any atom is 0.225 e. The van der Waals surface area contributed by atoms with Crippen molar-refractivity contribution in [2.45, 2.75) is 44.2 Å². The molecule has 1 aromatic heterocycles. The quantitative estimate of drug-likeness (QED) is 0.417. The van der Waals surface area contributed by atoms with Gasteiger partial charge in [0.15, 0.2) is 0 Å². The van der Waals surface area contributed by atoms with E-state index in [0.29, 0.717) is 26.6 Å². The van der Waals surface area contributed by atoms with Crippen molar-refractivity contribution in [3.63, 3.8) is 0 Å². The fraction of sp³-hybridized carbons (Fsp3) is 0.375. The van der Waals surface area contributed by atoms with Crippen molar-refractivity contribution in [3.8, 4) is 0 Å². The Morgan fingerprint density at radius 3 is 2.36 bits per heavy atom. The first-order valence-electron chi connectivity index (χ1n) is 10.9. The molecule has 0 bridgehead atoms. The summed E-state index contributed by atoms with van der Waals surface area (Å²) in [5.41, 5.74) is 1.47. The summed E-state index contributed by atoms with van der Waals surface area (Å²) in [6.07, 6.45) is 3.67. The highest BCUT2D eigenvalue weighted by Gasteiger charge is 2.24. The molecule has 3 aromatic rings. The largest absolute Gasteiger partial charge is 0.362 e. The molecule has 1 aliphatic rings. The minimum absolute atomic E-state index is 0.106. The van der Waals surface area contributed by atoms with Gasteiger partial charge in [0, 0.05) is 42.2 Å². The van der Waals surface area contributed by atoms with Crippen LogP contribution in [0.4, 0.5) is 11.8 Å². The predicted molar refractivity (Wildman–Crippen MR) is 137 cm³/mol. The minimum Gasteiger partial charge on any atom is -0.362 e. The number of anilines is 2. The van der Waals surface area contributed by atoms with Gasteiger partial charge in [-0.15, -0.1) is 0 Å². The van der Waals surface area contributed by atoms with E-state index in [9.17, 15) is 4.79 Å². The minimum atomic E-state index is -0.106. The monoisotopic (exact) mass is 505 g/mol. The Balaban J connectivity index is 1.34. The Kier molecular flexibility index (Phi) is 7.47. The van der Waals surface area contributed by atoms with Crippen LogP contribution in [0.2, 0.25) is 15.1 Å². The van der Waals surface area contributed by atoms with Gasteiger partial charge in [0.25, 0.3) is 0 Å². The Bertz CT molecular complexity index is 1160. The van der Waals surface area contributed by atoms with Crippen LogP contribution in [0.3, 0.4) is 0 Å². The van der Waals surface area contributed by atoms with Crippen LogP contribution in [-0.4, -0.2) is 42.1 Å². The van der Waals surface area contributed by atoms with Crippen molar-refractivity contribution in [3.05, 3.63) is 57.0 Å². The van der Waals surface area contributed by atoms with Crippen molar-refractivity contribution in [1.82, 2.24) is 15.3 Å². The van der Waals surface area contributed by atoms with Crippen molar-refractivity contribution in [2.24, 2.45) is 0 Å². The summed E-state index contributed by atoms with van der Waals surface area (Å²) < 4.78 is 0. The van der Waals surface area contributed by atoms with E-state index in [0.717, 1.165) is 42.4 Å². The van der Waals surface area contributed by atoms with E-state index in [-0.39, 0.29) is 24.4 Å². The van der Waals surface area contributed by atoms with E-state index >= 15 is 0 Å². The summed E-state index contributed by atoms with van der Waals surface area (Å²) in [4.78, 5) is 24.0.